The average Bonchev–Trinajstić information content (AvgIpc) is 3.55. The summed E-state index contributed by atoms with van der Waals surface area (Å²) in [7, 11) is 0. The van der Waals surface area contributed by atoms with E-state index in [2.05, 4.69) is 35.5 Å². The van der Waals surface area contributed by atoms with E-state index < -0.39 is 0 Å². The first kappa shape index (κ1) is 21.3. The number of imidazole rings is 1. The van der Waals surface area contributed by atoms with Gasteiger partial charge in [0.05, 0.1) is 28.5 Å². The van der Waals surface area contributed by atoms with Gasteiger partial charge < -0.3 is 10.3 Å². The number of rotatable bonds is 5. The van der Waals surface area contributed by atoms with Gasteiger partial charge >= 0.3 is 0 Å². The van der Waals surface area contributed by atoms with Gasteiger partial charge in [0, 0.05) is 41.2 Å². The van der Waals surface area contributed by atoms with Crippen LogP contribution in [0.5, 0.6) is 0 Å². The van der Waals surface area contributed by atoms with Gasteiger partial charge in [-0.25, -0.2) is 14.4 Å². The van der Waals surface area contributed by atoms with Crippen molar-refractivity contribution < 1.29 is 9.18 Å². The summed E-state index contributed by atoms with van der Waals surface area (Å²) in [5.41, 5.74) is 6.08. The molecule has 1 saturated carbocycles. The number of aromatic amines is 2. The molecule has 10 heteroatoms. The number of nitrogens with zero attached hydrogens (tertiary/aromatic N) is 5. The second kappa shape index (κ2) is 8.30. The molecule has 0 bridgehead atoms. The fraction of sp³-hybridized carbons (Fsp3) is 0.111. The Balaban J connectivity index is 1.28. The zero-order valence-electron chi connectivity index (χ0n) is 19.4. The smallest absolute Gasteiger partial charge is 0.227 e. The summed E-state index contributed by atoms with van der Waals surface area (Å²) < 4.78 is 13.9. The maximum atomic E-state index is 13.9. The highest BCUT2D eigenvalue weighted by Gasteiger charge is 2.29. The number of fused-ring (bicyclic) bond motifs is 2. The number of H-pyrrole nitrogens is 2. The molecule has 1 fully saturated rings. The van der Waals surface area contributed by atoms with Gasteiger partial charge in [-0.05, 0) is 43.2 Å². The van der Waals surface area contributed by atoms with Gasteiger partial charge in [-0.1, -0.05) is 12.1 Å². The molecule has 7 rings (SSSR count). The first-order valence-corrected chi connectivity index (χ1v) is 11.8. The number of halogens is 1. The molecule has 6 aromatic rings. The first-order chi connectivity index (χ1) is 18.1. The minimum atomic E-state index is -0.338. The molecule has 37 heavy (non-hydrogen) atoms. The zero-order chi connectivity index (χ0) is 24.9. The van der Waals surface area contributed by atoms with Crippen molar-refractivity contribution in [3.8, 4) is 33.9 Å². The van der Waals surface area contributed by atoms with Crippen LogP contribution >= 0.6 is 0 Å². The van der Waals surface area contributed by atoms with Crippen LogP contribution in [0.4, 0.5) is 10.1 Å². The maximum absolute atomic E-state index is 13.9. The minimum Gasteiger partial charge on any atom is -0.336 e. The van der Waals surface area contributed by atoms with E-state index in [-0.39, 0.29) is 17.6 Å². The molecular weight excluding hydrogens is 471 g/mol. The molecule has 0 radical (unpaired) electrons. The van der Waals surface area contributed by atoms with E-state index in [9.17, 15) is 9.18 Å². The number of carbonyl (C=O) groups is 1. The summed E-state index contributed by atoms with van der Waals surface area (Å²) in [6.45, 7) is 0. The Morgan fingerprint density at radius 3 is 2.73 bits per heavy atom. The number of nitrogens with one attached hydrogen (secondary N) is 3. The summed E-state index contributed by atoms with van der Waals surface area (Å²) in [5.74, 6) is 0.335. The SMILES string of the molecule is O=C(Nc1cncc(-c2cnc3[nH]nc(-c4nc5c(-c6cccc(F)c6)nccc5[nH]4)c3c2)c1)C1CC1. The molecule has 1 aliphatic carbocycles. The third-order valence-electron chi connectivity index (χ3n) is 6.43. The van der Waals surface area contributed by atoms with Crippen LogP contribution in [0, 0.1) is 11.7 Å². The van der Waals surface area contributed by atoms with Crippen LogP contribution in [0.25, 0.3) is 56.0 Å². The predicted molar refractivity (Wildman–Crippen MR) is 137 cm³/mol. The first-order valence-electron chi connectivity index (χ1n) is 11.8. The van der Waals surface area contributed by atoms with Gasteiger partial charge in [0.1, 0.15) is 17.0 Å². The standard InChI is InChI=1S/C27H19FN8O/c28-18-3-1-2-15(8-18)22-24-21(6-7-30-22)33-26(34-24)23-20-10-17(12-31-25(20)36-35-23)16-9-19(13-29-11-16)32-27(37)14-4-5-14/h1-3,6-14H,4-5H2,(H,32,37)(H,33,34)(H,31,35,36). The molecule has 1 amide bonds. The summed E-state index contributed by atoms with van der Waals surface area (Å²) in [5, 5.41) is 11.1. The fourth-order valence-electron chi connectivity index (χ4n) is 4.39. The van der Waals surface area contributed by atoms with Crippen LogP contribution in [-0.4, -0.2) is 41.0 Å². The van der Waals surface area contributed by atoms with Crippen LogP contribution in [0.15, 0.2) is 67.3 Å². The average molecular weight is 491 g/mol. The van der Waals surface area contributed by atoms with Crippen LogP contribution < -0.4 is 5.32 Å². The van der Waals surface area contributed by atoms with Gasteiger partial charge in [-0.15, -0.1) is 0 Å². The molecule has 0 spiro atoms. The third-order valence-corrected chi connectivity index (χ3v) is 6.43. The maximum Gasteiger partial charge on any atom is 0.227 e. The number of anilines is 1. The predicted octanol–water partition coefficient (Wildman–Crippen LogP) is 5.11. The Morgan fingerprint density at radius 1 is 0.973 bits per heavy atom. The Hall–Kier alpha value is -4.99. The Kier molecular flexibility index (Phi) is 4.78. The molecule has 9 nitrogen and oxygen atoms in total. The summed E-state index contributed by atoms with van der Waals surface area (Å²) in [4.78, 5) is 33.5. The number of hydrogen-bond donors (Lipinski definition) is 3. The van der Waals surface area contributed by atoms with E-state index in [0.717, 1.165) is 34.9 Å². The van der Waals surface area contributed by atoms with Crippen LogP contribution in [0.2, 0.25) is 0 Å². The Morgan fingerprint density at radius 2 is 1.86 bits per heavy atom. The highest BCUT2D eigenvalue weighted by molar-refractivity contribution is 5.97. The minimum absolute atomic E-state index is 0.0293. The van der Waals surface area contributed by atoms with E-state index in [0.29, 0.717) is 39.6 Å². The van der Waals surface area contributed by atoms with E-state index in [4.69, 9.17) is 4.98 Å². The number of carbonyl (C=O) groups excluding carboxylic acids is 1. The van der Waals surface area contributed by atoms with Gasteiger partial charge in [0.25, 0.3) is 0 Å². The van der Waals surface area contributed by atoms with Crippen molar-refractivity contribution in [2.45, 2.75) is 12.8 Å². The van der Waals surface area contributed by atoms with Crippen molar-refractivity contribution in [2.75, 3.05) is 5.32 Å². The summed E-state index contributed by atoms with van der Waals surface area (Å²) >= 11 is 0. The Labute approximate surface area is 209 Å². The van der Waals surface area contributed by atoms with Gasteiger partial charge in [0.15, 0.2) is 11.5 Å². The van der Waals surface area contributed by atoms with Crippen LogP contribution in [0.3, 0.4) is 0 Å². The third kappa shape index (κ3) is 3.88. The lowest BCUT2D eigenvalue weighted by atomic mass is 10.1. The van der Waals surface area contributed by atoms with Crippen molar-refractivity contribution >= 4 is 33.7 Å². The molecule has 0 saturated heterocycles. The van der Waals surface area contributed by atoms with Gasteiger partial charge in [-0.3, -0.25) is 19.9 Å². The molecule has 5 aromatic heterocycles. The fourth-order valence-corrected chi connectivity index (χ4v) is 4.39. The second-order valence-corrected chi connectivity index (χ2v) is 9.07. The molecule has 3 N–H and O–H groups in total. The zero-order valence-corrected chi connectivity index (χ0v) is 19.4. The number of aromatic nitrogens is 7. The molecule has 1 aromatic carbocycles. The molecule has 0 unspecified atom stereocenters. The van der Waals surface area contributed by atoms with E-state index in [1.165, 1.54) is 12.1 Å². The molecule has 180 valence electrons. The number of amides is 1. The van der Waals surface area contributed by atoms with E-state index in [1.54, 1.807) is 36.9 Å². The van der Waals surface area contributed by atoms with E-state index >= 15 is 0 Å². The van der Waals surface area contributed by atoms with Gasteiger partial charge in [0.2, 0.25) is 5.91 Å². The van der Waals surface area contributed by atoms with Crippen LogP contribution in [0.1, 0.15) is 12.8 Å². The number of hydrogen-bond acceptors (Lipinski definition) is 6. The number of benzene rings is 1. The highest BCUT2D eigenvalue weighted by Crippen LogP contribution is 2.33. The Bertz CT molecular complexity index is 1820. The molecule has 0 atom stereocenters. The van der Waals surface area contributed by atoms with E-state index in [1.807, 2.05) is 18.2 Å². The van der Waals surface area contributed by atoms with Crippen LogP contribution in [-0.2, 0) is 4.79 Å². The summed E-state index contributed by atoms with van der Waals surface area (Å²) in [6.07, 6.45) is 8.63. The second-order valence-electron chi connectivity index (χ2n) is 9.07. The number of pyridine rings is 3. The van der Waals surface area contributed by atoms with Crippen molar-refractivity contribution in [1.82, 2.24) is 35.1 Å². The highest BCUT2D eigenvalue weighted by atomic mass is 19.1. The lowest BCUT2D eigenvalue weighted by molar-refractivity contribution is -0.117. The monoisotopic (exact) mass is 490 g/mol. The largest absolute Gasteiger partial charge is 0.336 e. The lowest BCUT2D eigenvalue weighted by Gasteiger charge is -2.06. The van der Waals surface area contributed by atoms with Crippen molar-refractivity contribution in [3.63, 3.8) is 0 Å². The molecule has 1 aliphatic rings. The quantitative estimate of drug-likeness (QED) is 0.308. The normalized spacial score (nSPS) is 13.3. The van der Waals surface area contributed by atoms with Gasteiger partial charge in [-0.2, -0.15) is 5.10 Å². The topological polar surface area (TPSA) is 125 Å². The van der Waals surface area contributed by atoms with Crippen molar-refractivity contribution in [2.24, 2.45) is 5.92 Å². The summed E-state index contributed by atoms with van der Waals surface area (Å²) in [6, 6.07) is 11.9. The van der Waals surface area contributed by atoms with Crippen molar-refractivity contribution in [1.29, 1.82) is 0 Å². The van der Waals surface area contributed by atoms with Crippen molar-refractivity contribution in [3.05, 3.63) is 73.1 Å². The molecule has 0 aliphatic heterocycles. The molecular formula is C27H19FN8O. The molecule has 5 heterocycles. The lowest BCUT2D eigenvalue weighted by Crippen LogP contribution is -2.13.